The Morgan fingerprint density at radius 1 is 0.933 bits per heavy atom. The minimum atomic E-state index is -0.251. The Morgan fingerprint density at radius 3 is 2.13 bits per heavy atom. The molecule has 2 amide bonds. The number of nitrogens with zero attached hydrogens (tertiary/aromatic N) is 1. The molecule has 0 bridgehead atoms. The maximum atomic E-state index is 12.3. The Morgan fingerprint density at radius 2 is 1.53 bits per heavy atom. The molecule has 0 saturated heterocycles. The Labute approximate surface area is 189 Å². The third kappa shape index (κ3) is 8.90. The number of unbranched alkanes of at least 4 members (excludes halogenated alkanes) is 1. The molecule has 8 heteroatoms. The number of hydrogen-bond acceptors (Lipinski definition) is 4. The molecule has 3 N–H and O–H groups in total. The van der Waals surface area contributed by atoms with E-state index in [1.165, 1.54) is 0 Å². The highest BCUT2D eigenvalue weighted by atomic mass is 35.5. The second-order valence-corrected chi connectivity index (χ2v) is 7.52. The number of amides is 2. The predicted molar refractivity (Wildman–Crippen MR) is 130 cm³/mol. The Bertz CT molecular complexity index is 856. The minimum absolute atomic E-state index is 0. The summed E-state index contributed by atoms with van der Waals surface area (Å²) in [4.78, 5) is 26.4. The number of anilines is 2. The molecular formula is C22H29ClN4O2S. The van der Waals surface area contributed by atoms with Crippen LogP contribution in [-0.2, 0) is 4.79 Å². The molecule has 30 heavy (non-hydrogen) atoms. The molecule has 0 radical (unpaired) electrons. The monoisotopic (exact) mass is 448 g/mol. The van der Waals surface area contributed by atoms with E-state index in [9.17, 15) is 9.59 Å². The number of halogens is 1. The van der Waals surface area contributed by atoms with Gasteiger partial charge in [-0.25, -0.2) is 0 Å². The van der Waals surface area contributed by atoms with Gasteiger partial charge in [0.2, 0.25) is 5.91 Å². The van der Waals surface area contributed by atoms with Gasteiger partial charge in [0, 0.05) is 23.4 Å². The molecule has 0 aromatic heterocycles. The fourth-order valence-electron chi connectivity index (χ4n) is 2.73. The van der Waals surface area contributed by atoms with E-state index in [-0.39, 0.29) is 29.3 Å². The van der Waals surface area contributed by atoms with E-state index in [0.717, 1.165) is 36.3 Å². The van der Waals surface area contributed by atoms with Gasteiger partial charge >= 0.3 is 0 Å². The van der Waals surface area contributed by atoms with Gasteiger partial charge in [0.1, 0.15) is 0 Å². The molecule has 2 aromatic carbocycles. The van der Waals surface area contributed by atoms with Gasteiger partial charge in [-0.2, -0.15) is 0 Å². The molecule has 0 aliphatic carbocycles. The van der Waals surface area contributed by atoms with Crippen molar-refractivity contribution < 1.29 is 9.59 Å². The zero-order chi connectivity index (χ0) is 21.2. The van der Waals surface area contributed by atoms with E-state index < -0.39 is 0 Å². The van der Waals surface area contributed by atoms with E-state index in [2.05, 4.69) is 20.9 Å². The van der Waals surface area contributed by atoms with Crippen LogP contribution in [-0.4, -0.2) is 42.5 Å². The van der Waals surface area contributed by atoms with E-state index in [1.807, 2.05) is 39.2 Å². The van der Waals surface area contributed by atoms with Crippen LogP contribution in [0, 0.1) is 6.92 Å². The molecule has 0 spiro atoms. The number of nitrogens with one attached hydrogen (secondary N) is 3. The molecule has 0 fully saturated rings. The third-order valence-electron chi connectivity index (χ3n) is 4.30. The number of carbonyl (C=O) groups excluding carboxylic acids is 2. The summed E-state index contributed by atoms with van der Waals surface area (Å²) >= 11 is 5.22. The third-order valence-corrected chi connectivity index (χ3v) is 4.51. The first-order valence-electron chi connectivity index (χ1n) is 9.58. The molecule has 0 saturated carbocycles. The topological polar surface area (TPSA) is 73.5 Å². The zero-order valence-electron chi connectivity index (χ0n) is 17.5. The summed E-state index contributed by atoms with van der Waals surface area (Å²) < 4.78 is 0. The van der Waals surface area contributed by atoms with Crippen LogP contribution >= 0.6 is 24.6 Å². The van der Waals surface area contributed by atoms with Crippen molar-refractivity contribution in [1.29, 1.82) is 0 Å². The van der Waals surface area contributed by atoms with Gasteiger partial charge in [-0.15, -0.1) is 12.4 Å². The van der Waals surface area contributed by atoms with Gasteiger partial charge in [0.05, 0.1) is 0 Å². The van der Waals surface area contributed by atoms with Crippen molar-refractivity contribution in [3.05, 3.63) is 59.7 Å². The fraction of sp³-hybridized carbons (Fsp3) is 0.318. The lowest BCUT2D eigenvalue weighted by atomic mass is 10.1. The molecule has 0 aliphatic heterocycles. The Hall–Kier alpha value is -2.48. The second-order valence-electron chi connectivity index (χ2n) is 7.11. The van der Waals surface area contributed by atoms with E-state index >= 15 is 0 Å². The summed E-state index contributed by atoms with van der Waals surface area (Å²) in [5.74, 6) is -0.246. The number of hydrogen-bond donors (Lipinski definition) is 3. The summed E-state index contributed by atoms with van der Waals surface area (Å²) in [5, 5.41) is 8.76. The average molecular weight is 449 g/mol. The molecule has 6 nitrogen and oxygen atoms in total. The van der Waals surface area contributed by atoms with Crippen LogP contribution < -0.4 is 16.0 Å². The van der Waals surface area contributed by atoms with Gasteiger partial charge < -0.3 is 15.5 Å². The highest BCUT2D eigenvalue weighted by molar-refractivity contribution is 7.80. The van der Waals surface area contributed by atoms with Gasteiger partial charge in [-0.3, -0.25) is 14.9 Å². The molecule has 0 unspecified atom stereocenters. The Kier molecular flexibility index (Phi) is 11.0. The van der Waals surface area contributed by atoms with Crippen LogP contribution in [0.15, 0.2) is 48.5 Å². The maximum absolute atomic E-state index is 12.3. The van der Waals surface area contributed by atoms with Crippen LogP contribution in [0.2, 0.25) is 0 Å². The SMILES string of the molecule is Cc1ccccc1C(=O)NC(=S)Nc1ccc(NC(=O)CCCCN(C)C)cc1.Cl. The first-order valence-corrected chi connectivity index (χ1v) is 9.98. The molecule has 2 rings (SSSR count). The van der Waals surface area contributed by atoms with Crippen LogP contribution in [0.1, 0.15) is 35.2 Å². The molecule has 2 aromatic rings. The van der Waals surface area contributed by atoms with Crippen LogP contribution in [0.25, 0.3) is 0 Å². The summed E-state index contributed by atoms with van der Waals surface area (Å²) in [6, 6.07) is 14.5. The minimum Gasteiger partial charge on any atom is -0.332 e. The summed E-state index contributed by atoms with van der Waals surface area (Å²) in [7, 11) is 4.05. The van der Waals surface area contributed by atoms with Gasteiger partial charge in [0.25, 0.3) is 5.91 Å². The summed E-state index contributed by atoms with van der Waals surface area (Å²) in [5.41, 5.74) is 2.92. The van der Waals surface area contributed by atoms with E-state index in [0.29, 0.717) is 12.0 Å². The zero-order valence-corrected chi connectivity index (χ0v) is 19.2. The first-order chi connectivity index (χ1) is 13.8. The van der Waals surface area contributed by atoms with Crippen LogP contribution in [0.4, 0.5) is 11.4 Å². The van der Waals surface area contributed by atoms with Crippen molar-refractivity contribution in [2.75, 3.05) is 31.3 Å². The lowest BCUT2D eigenvalue weighted by Crippen LogP contribution is -2.34. The number of rotatable bonds is 8. The second kappa shape index (κ2) is 13.0. The van der Waals surface area contributed by atoms with Crippen molar-refractivity contribution in [3.63, 3.8) is 0 Å². The molecule has 0 heterocycles. The maximum Gasteiger partial charge on any atom is 0.257 e. The number of aryl methyl sites for hydroxylation is 1. The highest BCUT2D eigenvalue weighted by Crippen LogP contribution is 2.14. The smallest absolute Gasteiger partial charge is 0.257 e. The highest BCUT2D eigenvalue weighted by Gasteiger charge is 2.10. The Balaban J connectivity index is 0.00000450. The summed E-state index contributed by atoms with van der Waals surface area (Å²) in [6.07, 6.45) is 2.36. The fourth-order valence-corrected chi connectivity index (χ4v) is 2.94. The number of thiocarbonyl (C=S) groups is 1. The van der Waals surface area contributed by atoms with E-state index in [1.54, 1.807) is 30.3 Å². The van der Waals surface area contributed by atoms with Gasteiger partial charge in [-0.05, 0) is 88.5 Å². The lowest BCUT2D eigenvalue weighted by molar-refractivity contribution is -0.116. The van der Waals surface area contributed by atoms with Crippen molar-refractivity contribution in [1.82, 2.24) is 10.2 Å². The van der Waals surface area contributed by atoms with Crippen molar-refractivity contribution in [3.8, 4) is 0 Å². The first kappa shape index (κ1) is 25.6. The van der Waals surface area contributed by atoms with Gasteiger partial charge in [0.15, 0.2) is 5.11 Å². The predicted octanol–water partition coefficient (Wildman–Crippen LogP) is 4.21. The molecule has 0 aliphatic rings. The van der Waals surface area contributed by atoms with Crippen molar-refractivity contribution in [2.45, 2.75) is 26.2 Å². The molecule has 0 atom stereocenters. The lowest BCUT2D eigenvalue weighted by Gasteiger charge is -2.12. The van der Waals surface area contributed by atoms with E-state index in [4.69, 9.17) is 12.2 Å². The van der Waals surface area contributed by atoms with Crippen molar-refractivity contribution in [2.24, 2.45) is 0 Å². The average Bonchev–Trinajstić information content (AvgIpc) is 2.67. The van der Waals surface area contributed by atoms with Gasteiger partial charge in [-0.1, -0.05) is 18.2 Å². The standard InChI is InChI=1S/C22H28N4O2S.ClH/c1-16-8-4-5-9-19(16)21(28)25-22(29)24-18-13-11-17(12-14-18)23-20(27)10-6-7-15-26(2)3;/h4-5,8-9,11-14H,6-7,10,15H2,1-3H3,(H,23,27)(H2,24,25,28,29);1H. The quantitative estimate of drug-likeness (QED) is 0.416. The number of benzene rings is 2. The van der Waals surface area contributed by atoms with Crippen LogP contribution in [0.5, 0.6) is 0 Å². The normalized spacial score (nSPS) is 10.1. The van der Waals surface area contributed by atoms with Crippen LogP contribution in [0.3, 0.4) is 0 Å². The summed E-state index contributed by atoms with van der Waals surface area (Å²) in [6.45, 7) is 2.86. The number of carbonyl (C=O) groups is 2. The van der Waals surface area contributed by atoms with Crippen molar-refractivity contribution >= 4 is 52.9 Å². The largest absolute Gasteiger partial charge is 0.332 e. The molecular weight excluding hydrogens is 420 g/mol. The molecule has 162 valence electrons.